The molecule has 2 rings (SSSR count). The summed E-state index contributed by atoms with van der Waals surface area (Å²) in [5.41, 5.74) is 0.210. The van der Waals surface area contributed by atoms with Crippen LogP contribution in [0.25, 0.3) is 0 Å². The van der Waals surface area contributed by atoms with Gasteiger partial charge in [0.25, 0.3) is 0 Å². The molecule has 0 radical (unpaired) electrons. The van der Waals surface area contributed by atoms with E-state index in [-0.39, 0.29) is 24.5 Å². The smallest absolute Gasteiger partial charge is 0.337 e. The van der Waals surface area contributed by atoms with E-state index in [9.17, 15) is 19.5 Å². The molecule has 0 aliphatic rings. The normalized spacial score (nSPS) is 11.7. The molecule has 8 nitrogen and oxygen atoms in total. The Hall–Kier alpha value is -3.13. The van der Waals surface area contributed by atoms with Gasteiger partial charge in [-0.15, -0.1) is 0 Å². The number of carbonyl (C=O) groups is 2. The predicted octanol–water partition coefficient (Wildman–Crippen LogP) is 1.97. The highest BCUT2D eigenvalue weighted by Gasteiger charge is 2.26. The second-order valence-electron chi connectivity index (χ2n) is 5.67. The molecule has 8 heteroatoms. The number of methoxy groups -OCH3 is 3. The molecule has 1 heterocycles. The van der Waals surface area contributed by atoms with Crippen LogP contribution < -0.4 is 5.43 Å². The standard InChI is InChI=1S/C19H20O8/c1-24-10-13-8-15(20)17(22)18(27-13)14(9-16(21)25-2)11-4-6-12(7-5-11)19(23)26-3/h4-8,14,22H,9-10H2,1-3H3/t14-/m1/s1. The maximum absolute atomic E-state index is 12.1. The first kappa shape index (κ1) is 20.2. The summed E-state index contributed by atoms with van der Waals surface area (Å²) in [6.45, 7) is 0.0226. The fourth-order valence-corrected chi connectivity index (χ4v) is 2.59. The Morgan fingerprint density at radius 2 is 1.78 bits per heavy atom. The van der Waals surface area contributed by atoms with Gasteiger partial charge in [0, 0.05) is 13.2 Å². The van der Waals surface area contributed by atoms with Crippen LogP contribution in [0.4, 0.5) is 0 Å². The van der Waals surface area contributed by atoms with E-state index in [4.69, 9.17) is 13.9 Å². The lowest BCUT2D eigenvalue weighted by Gasteiger charge is -2.17. The SMILES string of the molecule is COCc1cc(=O)c(O)c([C@H](CC(=O)OC)c2ccc(C(=O)OC)cc2)o1. The van der Waals surface area contributed by atoms with Gasteiger partial charge in [-0.2, -0.15) is 0 Å². The fourth-order valence-electron chi connectivity index (χ4n) is 2.59. The van der Waals surface area contributed by atoms with E-state index < -0.39 is 29.0 Å². The molecular weight excluding hydrogens is 356 g/mol. The third-order valence-electron chi connectivity index (χ3n) is 3.94. The molecule has 1 aromatic heterocycles. The molecule has 1 N–H and O–H groups in total. The van der Waals surface area contributed by atoms with Gasteiger partial charge in [-0.3, -0.25) is 9.59 Å². The topological polar surface area (TPSA) is 112 Å². The monoisotopic (exact) mass is 376 g/mol. The largest absolute Gasteiger partial charge is 0.502 e. The summed E-state index contributed by atoms with van der Waals surface area (Å²) in [6, 6.07) is 7.32. The maximum Gasteiger partial charge on any atom is 0.337 e. The number of esters is 2. The van der Waals surface area contributed by atoms with Gasteiger partial charge in [-0.25, -0.2) is 4.79 Å². The Bertz CT molecular complexity index is 866. The molecule has 1 atom stereocenters. The molecule has 0 aliphatic heterocycles. The summed E-state index contributed by atoms with van der Waals surface area (Å²) >= 11 is 0. The lowest BCUT2D eigenvalue weighted by atomic mass is 9.91. The molecule has 0 saturated carbocycles. The number of benzene rings is 1. The molecule has 144 valence electrons. The predicted molar refractivity (Wildman–Crippen MR) is 93.6 cm³/mol. The van der Waals surface area contributed by atoms with Crippen molar-refractivity contribution in [1.82, 2.24) is 0 Å². The first-order chi connectivity index (χ1) is 12.9. The van der Waals surface area contributed by atoms with Crippen molar-refractivity contribution >= 4 is 11.9 Å². The number of carbonyl (C=O) groups excluding carboxylic acids is 2. The minimum Gasteiger partial charge on any atom is -0.502 e. The summed E-state index contributed by atoms with van der Waals surface area (Å²) < 4.78 is 19.9. The van der Waals surface area contributed by atoms with Gasteiger partial charge >= 0.3 is 11.9 Å². The average molecular weight is 376 g/mol. The van der Waals surface area contributed by atoms with E-state index in [1.165, 1.54) is 33.5 Å². The summed E-state index contributed by atoms with van der Waals surface area (Å²) in [4.78, 5) is 35.5. The first-order valence-corrected chi connectivity index (χ1v) is 8.01. The minimum atomic E-state index is -0.798. The fraction of sp³-hybridized carbons (Fsp3) is 0.316. The van der Waals surface area contributed by atoms with Gasteiger partial charge in [0.05, 0.1) is 32.1 Å². The highest BCUT2D eigenvalue weighted by Crippen LogP contribution is 2.33. The third kappa shape index (κ3) is 4.73. The van der Waals surface area contributed by atoms with Crippen molar-refractivity contribution in [1.29, 1.82) is 0 Å². The van der Waals surface area contributed by atoms with Crippen LogP contribution in [0.5, 0.6) is 5.75 Å². The van der Waals surface area contributed by atoms with E-state index in [2.05, 4.69) is 4.74 Å². The van der Waals surface area contributed by atoms with Gasteiger partial charge in [-0.1, -0.05) is 12.1 Å². The highest BCUT2D eigenvalue weighted by molar-refractivity contribution is 5.89. The van der Waals surface area contributed by atoms with Gasteiger partial charge in [-0.05, 0) is 17.7 Å². The number of rotatable bonds is 7. The maximum atomic E-state index is 12.1. The molecule has 1 aromatic carbocycles. The molecule has 2 aromatic rings. The molecule has 0 amide bonds. The summed E-state index contributed by atoms with van der Waals surface area (Å²) in [7, 11) is 3.94. The van der Waals surface area contributed by atoms with Crippen molar-refractivity contribution in [2.75, 3.05) is 21.3 Å². The van der Waals surface area contributed by atoms with Crippen LogP contribution in [0.2, 0.25) is 0 Å². The van der Waals surface area contributed by atoms with Gasteiger partial charge in [0.1, 0.15) is 12.4 Å². The van der Waals surface area contributed by atoms with Crippen LogP contribution >= 0.6 is 0 Å². The Morgan fingerprint density at radius 3 is 2.33 bits per heavy atom. The highest BCUT2D eigenvalue weighted by atomic mass is 16.5. The Labute approximate surface area is 155 Å². The van der Waals surface area contributed by atoms with Crippen LogP contribution in [0.1, 0.15) is 39.8 Å². The zero-order chi connectivity index (χ0) is 20.0. The van der Waals surface area contributed by atoms with E-state index in [1.54, 1.807) is 12.1 Å². The van der Waals surface area contributed by atoms with Gasteiger partial charge in [0.2, 0.25) is 11.2 Å². The Balaban J connectivity index is 2.54. The van der Waals surface area contributed by atoms with Gasteiger partial charge < -0.3 is 23.7 Å². The van der Waals surface area contributed by atoms with Crippen molar-refractivity contribution in [3.8, 4) is 5.75 Å². The quantitative estimate of drug-likeness (QED) is 0.730. The lowest BCUT2D eigenvalue weighted by molar-refractivity contribution is -0.140. The van der Waals surface area contributed by atoms with Crippen LogP contribution in [0.15, 0.2) is 39.5 Å². The molecule has 0 unspecified atom stereocenters. The van der Waals surface area contributed by atoms with E-state index in [0.717, 1.165) is 6.07 Å². The van der Waals surface area contributed by atoms with E-state index >= 15 is 0 Å². The zero-order valence-corrected chi connectivity index (χ0v) is 15.2. The van der Waals surface area contributed by atoms with Crippen LogP contribution in [-0.2, 0) is 25.6 Å². The molecule has 27 heavy (non-hydrogen) atoms. The third-order valence-corrected chi connectivity index (χ3v) is 3.94. The molecule has 0 fully saturated rings. The van der Waals surface area contributed by atoms with Crippen molar-refractivity contribution in [3.05, 3.63) is 63.2 Å². The number of ether oxygens (including phenoxy) is 3. The molecule has 0 bridgehead atoms. The van der Waals surface area contributed by atoms with E-state index in [1.807, 2.05) is 0 Å². The van der Waals surface area contributed by atoms with Crippen LogP contribution in [-0.4, -0.2) is 38.4 Å². The van der Waals surface area contributed by atoms with Crippen LogP contribution in [0.3, 0.4) is 0 Å². The van der Waals surface area contributed by atoms with Crippen molar-refractivity contribution in [3.63, 3.8) is 0 Å². The summed E-state index contributed by atoms with van der Waals surface area (Å²) in [5, 5.41) is 10.2. The van der Waals surface area contributed by atoms with Crippen molar-refractivity contribution < 1.29 is 33.3 Å². The average Bonchev–Trinajstić information content (AvgIpc) is 2.68. The minimum absolute atomic E-state index is 0.0226. The molecule has 0 spiro atoms. The second kappa shape index (κ2) is 9.00. The van der Waals surface area contributed by atoms with Crippen LogP contribution in [0, 0.1) is 0 Å². The summed E-state index contributed by atoms with van der Waals surface area (Å²) in [5.74, 6) is -2.34. The molecule has 0 saturated heterocycles. The van der Waals surface area contributed by atoms with Gasteiger partial charge in [0.15, 0.2) is 5.76 Å². The van der Waals surface area contributed by atoms with Crippen molar-refractivity contribution in [2.24, 2.45) is 0 Å². The molecular formula is C19H20O8. The zero-order valence-electron chi connectivity index (χ0n) is 15.2. The van der Waals surface area contributed by atoms with Crippen molar-refractivity contribution in [2.45, 2.75) is 18.9 Å². The van der Waals surface area contributed by atoms with E-state index in [0.29, 0.717) is 11.1 Å². The lowest BCUT2D eigenvalue weighted by Crippen LogP contribution is -2.14. The number of hydrogen-bond acceptors (Lipinski definition) is 8. The Kier molecular flexibility index (Phi) is 6.73. The Morgan fingerprint density at radius 1 is 1.11 bits per heavy atom. The number of hydrogen-bond donors (Lipinski definition) is 1. The summed E-state index contributed by atoms with van der Waals surface area (Å²) in [6.07, 6.45) is -0.180. The second-order valence-corrected chi connectivity index (χ2v) is 5.67. The first-order valence-electron chi connectivity index (χ1n) is 8.01. The number of aromatic hydroxyl groups is 1. The molecule has 0 aliphatic carbocycles.